The van der Waals surface area contributed by atoms with Crippen LogP contribution in [0, 0.1) is 5.92 Å². The van der Waals surface area contributed by atoms with Gasteiger partial charge in [0.2, 0.25) is 0 Å². The zero-order valence-corrected chi connectivity index (χ0v) is 17.0. The summed E-state index contributed by atoms with van der Waals surface area (Å²) in [6.07, 6.45) is 9.22. The Kier molecular flexibility index (Phi) is 5.83. The minimum atomic E-state index is 0.497. The molecule has 0 amide bonds. The molecule has 0 aromatic heterocycles. The summed E-state index contributed by atoms with van der Waals surface area (Å²) in [5, 5.41) is 3.64. The first-order chi connectivity index (χ1) is 13.3. The molecular weight excluding hydrogens is 348 g/mol. The van der Waals surface area contributed by atoms with Crippen LogP contribution in [0.2, 0.25) is 5.02 Å². The molecule has 2 atom stereocenters. The average Bonchev–Trinajstić information content (AvgIpc) is 2.71. The molecule has 0 saturated heterocycles. The van der Waals surface area contributed by atoms with Gasteiger partial charge in [0.1, 0.15) is 0 Å². The molecule has 1 heteroatoms. The molecule has 1 aliphatic rings. The summed E-state index contributed by atoms with van der Waals surface area (Å²) in [5.74, 6) is 1.23. The monoisotopic (exact) mass is 376 g/mol. The molecular formula is C26H29Cl. The van der Waals surface area contributed by atoms with Crippen molar-refractivity contribution in [1.29, 1.82) is 0 Å². The van der Waals surface area contributed by atoms with E-state index >= 15 is 0 Å². The summed E-state index contributed by atoms with van der Waals surface area (Å²) in [6, 6.07) is 22.2. The van der Waals surface area contributed by atoms with Gasteiger partial charge < -0.3 is 0 Å². The standard InChI is InChI=1S/C26H29Cl/c1-2-3-4-5-9-20-14-17-24-23-10-7-6-8-19(23)13-18-25(24)26(20)21-11-15-22(27)16-12-21/h6-8,10-13,15-16,18,20,26H,2-5,9,14,17H2,1H3/t20-,26-/m1/s1. The number of fused-ring (bicyclic) bond motifs is 3. The topological polar surface area (TPSA) is 0 Å². The number of aryl methyl sites for hydroxylation is 1. The third kappa shape index (κ3) is 3.92. The molecule has 0 spiro atoms. The fourth-order valence-corrected chi connectivity index (χ4v) is 5.07. The predicted molar refractivity (Wildman–Crippen MR) is 118 cm³/mol. The third-order valence-corrected chi connectivity index (χ3v) is 6.56. The number of hydrogen-bond acceptors (Lipinski definition) is 0. The second-order valence-electron chi connectivity index (χ2n) is 8.03. The Hall–Kier alpha value is -1.79. The van der Waals surface area contributed by atoms with Crippen molar-refractivity contribution >= 4 is 22.4 Å². The highest BCUT2D eigenvalue weighted by molar-refractivity contribution is 6.30. The van der Waals surface area contributed by atoms with Crippen molar-refractivity contribution in [2.75, 3.05) is 0 Å². The highest BCUT2D eigenvalue weighted by atomic mass is 35.5. The van der Waals surface area contributed by atoms with E-state index in [9.17, 15) is 0 Å². The number of hydrogen-bond donors (Lipinski definition) is 0. The molecule has 0 unspecified atom stereocenters. The van der Waals surface area contributed by atoms with E-state index < -0.39 is 0 Å². The van der Waals surface area contributed by atoms with E-state index in [2.05, 4.69) is 67.6 Å². The molecule has 0 nitrogen and oxygen atoms in total. The zero-order valence-electron chi connectivity index (χ0n) is 16.3. The summed E-state index contributed by atoms with van der Waals surface area (Å²) in [5.41, 5.74) is 4.54. The van der Waals surface area contributed by atoms with Gasteiger partial charge in [0.05, 0.1) is 0 Å². The Labute approximate surface area is 168 Å². The molecule has 1 aliphatic carbocycles. The largest absolute Gasteiger partial charge is 0.0843 e. The lowest BCUT2D eigenvalue weighted by Crippen LogP contribution is -2.22. The number of benzene rings is 3. The van der Waals surface area contributed by atoms with Gasteiger partial charge >= 0.3 is 0 Å². The minimum absolute atomic E-state index is 0.497. The number of rotatable bonds is 6. The van der Waals surface area contributed by atoms with Crippen LogP contribution < -0.4 is 0 Å². The van der Waals surface area contributed by atoms with E-state index in [1.807, 2.05) is 0 Å². The Morgan fingerprint density at radius 1 is 0.889 bits per heavy atom. The maximum atomic E-state index is 6.18. The Morgan fingerprint density at radius 2 is 1.70 bits per heavy atom. The maximum Gasteiger partial charge on any atom is 0.0406 e. The van der Waals surface area contributed by atoms with Crippen LogP contribution in [0.25, 0.3) is 10.8 Å². The van der Waals surface area contributed by atoms with E-state index in [0.29, 0.717) is 5.92 Å². The van der Waals surface area contributed by atoms with Gasteiger partial charge in [0, 0.05) is 10.9 Å². The molecule has 27 heavy (non-hydrogen) atoms. The summed E-state index contributed by atoms with van der Waals surface area (Å²) in [7, 11) is 0. The van der Waals surface area contributed by atoms with Crippen LogP contribution in [-0.2, 0) is 6.42 Å². The van der Waals surface area contributed by atoms with Crippen molar-refractivity contribution < 1.29 is 0 Å². The molecule has 0 bridgehead atoms. The molecule has 0 heterocycles. The maximum absolute atomic E-state index is 6.18. The molecule has 0 fully saturated rings. The summed E-state index contributed by atoms with van der Waals surface area (Å²) < 4.78 is 0. The number of unbranched alkanes of at least 4 members (excludes halogenated alkanes) is 3. The predicted octanol–water partition coefficient (Wildman–Crippen LogP) is 8.16. The molecule has 0 N–H and O–H groups in total. The average molecular weight is 377 g/mol. The summed E-state index contributed by atoms with van der Waals surface area (Å²) in [4.78, 5) is 0. The van der Waals surface area contributed by atoms with Crippen molar-refractivity contribution in [3.05, 3.63) is 82.4 Å². The van der Waals surface area contributed by atoms with Gasteiger partial charge in [0.25, 0.3) is 0 Å². The first-order valence-corrected chi connectivity index (χ1v) is 10.9. The molecule has 3 aromatic carbocycles. The lowest BCUT2D eigenvalue weighted by Gasteiger charge is -2.35. The molecule has 3 aromatic rings. The van der Waals surface area contributed by atoms with Crippen LogP contribution in [0.5, 0.6) is 0 Å². The summed E-state index contributed by atoms with van der Waals surface area (Å²) in [6.45, 7) is 2.29. The van der Waals surface area contributed by atoms with E-state index in [-0.39, 0.29) is 0 Å². The normalized spacial score (nSPS) is 19.2. The van der Waals surface area contributed by atoms with Crippen LogP contribution in [0.3, 0.4) is 0 Å². The van der Waals surface area contributed by atoms with Crippen molar-refractivity contribution in [2.45, 2.75) is 57.8 Å². The number of halogens is 1. The van der Waals surface area contributed by atoms with Crippen molar-refractivity contribution in [3.8, 4) is 0 Å². The van der Waals surface area contributed by atoms with E-state index in [1.165, 1.54) is 61.3 Å². The van der Waals surface area contributed by atoms with Gasteiger partial charge in [0.15, 0.2) is 0 Å². The molecule has 4 rings (SSSR count). The van der Waals surface area contributed by atoms with Gasteiger partial charge in [-0.2, -0.15) is 0 Å². The Morgan fingerprint density at radius 3 is 2.52 bits per heavy atom. The van der Waals surface area contributed by atoms with Gasteiger partial charge in [-0.1, -0.05) is 92.7 Å². The lowest BCUT2D eigenvalue weighted by atomic mass is 9.69. The van der Waals surface area contributed by atoms with E-state index in [1.54, 1.807) is 11.1 Å². The van der Waals surface area contributed by atoms with Gasteiger partial charge in [-0.15, -0.1) is 0 Å². The van der Waals surface area contributed by atoms with Gasteiger partial charge in [-0.25, -0.2) is 0 Å². The second kappa shape index (κ2) is 8.48. The minimum Gasteiger partial charge on any atom is -0.0843 e. The molecule has 140 valence electrons. The lowest BCUT2D eigenvalue weighted by molar-refractivity contribution is 0.368. The van der Waals surface area contributed by atoms with Crippen molar-refractivity contribution in [3.63, 3.8) is 0 Å². The Bertz CT molecular complexity index is 894. The fraction of sp³-hybridized carbons (Fsp3) is 0.385. The fourth-order valence-electron chi connectivity index (χ4n) is 4.94. The van der Waals surface area contributed by atoms with Gasteiger partial charge in [-0.05, 0) is 64.8 Å². The third-order valence-electron chi connectivity index (χ3n) is 6.31. The first-order valence-electron chi connectivity index (χ1n) is 10.5. The molecule has 0 radical (unpaired) electrons. The SMILES string of the molecule is CCCCCC[C@@H]1CCc2c(ccc3ccccc23)[C@H]1c1ccc(Cl)cc1. The van der Waals surface area contributed by atoms with E-state index in [0.717, 1.165) is 10.9 Å². The highest BCUT2D eigenvalue weighted by Gasteiger charge is 2.31. The van der Waals surface area contributed by atoms with Crippen LogP contribution in [0.15, 0.2) is 60.7 Å². The highest BCUT2D eigenvalue weighted by Crippen LogP contribution is 2.45. The van der Waals surface area contributed by atoms with Crippen molar-refractivity contribution in [1.82, 2.24) is 0 Å². The van der Waals surface area contributed by atoms with Crippen LogP contribution >= 0.6 is 11.6 Å². The van der Waals surface area contributed by atoms with Crippen LogP contribution in [0.4, 0.5) is 0 Å². The first kappa shape index (κ1) is 18.6. The molecule has 0 saturated carbocycles. The Balaban J connectivity index is 1.73. The van der Waals surface area contributed by atoms with Crippen LogP contribution in [0.1, 0.15) is 68.1 Å². The smallest absolute Gasteiger partial charge is 0.0406 e. The van der Waals surface area contributed by atoms with Gasteiger partial charge in [-0.3, -0.25) is 0 Å². The van der Waals surface area contributed by atoms with Crippen LogP contribution in [-0.4, -0.2) is 0 Å². The molecule has 0 aliphatic heterocycles. The zero-order chi connectivity index (χ0) is 18.6. The quantitative estimate of drug-likeness (QED) is 0.380. The second-order valence-corrected chi connectivity index (χ2v) is 8.47. The van der Waals surface area contributed by atoms with Crippen molar-refractivity contribution in [2.24, 2.45) is 5.92 Å². The summed E-state index contributed by atoms with van der Waals surface area (Å²) >= 11 is 6.18. The van der Waals surface area contributed by atoms with E-state index in [4.69, 9.17) is 11.6 Å².